The number of hydrogen-bond acceptors (Lipinski definition) is 5. The fraction of sp³-hybridized carbons (Fsp3) is 0.0476. The van der Waals surface area contributed by atoms with Gasteiger partial charge in [0.05, 0.1) is 16.0 Å². The molecule has 0 saturated heterocycles. The number of aromatic amines is 1. The van der Waals surface area contributed by atoms with E-state index in [1.807, 2.05) is 30.3 Å². The lowest BCUT2D eigenvalue weighted by atomic mass is 10.0. The number of rotatable bonds is 5. The van der Waals surface area contributed by atoms with E-state index >= 15 is 0 Å². The van der Waals surface area contributed by atoms with Gasteiger partial charge in [0.2, 0.25) is 0 Å². The zero-order valence-electron chi connectivity index (χ0n) is 15.1. The van der Waals surface area contributed by atoms with Crippen LogP contribution in [0, 0.1) is 0 Å². The lowest BCUT2D eigenvalue weighted by Crippen LogP contribution is -2.22. The number of benzene rings is 2. The van der Waals surface area contributed by atoms with Gasteiger partial charge in [-0.25, -0.2) is 9.97 Å². The summed E-state index contributed by atoms with van der Waals surface area (Å²) >= 11 is 6.32. The van der Waals surface area contributed by atoms with Crippen molar-refractivity contribution in [2.75, 3.05) is 5.73 Å². The Labute approximate surface area is 170 Å². The first kappa shape index (κ1) is 18.6. The normalized spacial score (nSPS) is 10.8. The second kappa shape index (κ2) is 7.73. The summed E-state index contributed by atoms with van der Waals surface area (Å²) in [6.45, 7) is 0.395. The van der Waals surface area contributed by atoms with E-state index in [0.717, 1.165) is 5.56 Å². The average Bonchev–Trinajstić information content (AvgIpc) is 3.18. The minimum atomic E-state index is -0.334. The minimum absolute atomic E-state index is 0.173. The molecule has 0 unspecified atom stereocenters. The molecule has 0 bridgehead atoms. The van der Waals surface area contributed by atoms with Crippen molar-refractivity contribution in [1.82, 2.24) is 20.3 Å². The molecule has 4 aromatic rings. The van der Waals surface area contributed by atoms with Crippen molar-refractivity contribution in [3.8, 4) is 0 Å². The third kappa shape index (κ3) is 3.68. The Balaban J connectivity index is 1.56. The topological polar surface area (TPSA) is 114 Å². The van der Waals surface area contributed by atoms with Crippen molar-refractivity contribution in [3.05, 3.63) is 88.3 Å². The summed E-state index contributed by atoms with van der Waals surface area (Å²) in [5.74, 6) is -0.411. The van der Waals surface area contributed by atoms with Gasteiger partial charge in [-0.15, -0.1) is 0 Å². The minimum Gasteiger partial charge on any atom is -0.383 e. The van der Waals surface area contributed by atoms with Gasteiger partial charge in [0.1, 0.15) is 17.8 Å². The van der Waals surface area contributed by atoms with E-state index in [2.05, 4.69) is 20.3 Å². The SMILES string of the molecule is Nc1ncnc2[nH]cc(C(=O)c3ccc(C(=O)NCc4ccccc4)cc3Cl)c12. The first-order chi connectivity index (χ1) is 14.0. The third-order valence-corrected chi connectivity index (χ3v) is 4.83. The Kier molecular flexibility index (Phi) is 4.97. The van der Waals surface area contributed by atoms with Gasteiger partial charge in [-0.05, 0) is 23.8 Å². The van der Waals surface area contributed by atoms with Gasteiger partial charge in [0.15, 0.2) is 5.78 Å². The van der Waals surface area contributed by atoms with Crippen LogP contribution in [-0.4, -0.2) is 26.6 Å². The highest BCUT2D eigenvalue weighted by Gasteiger charge is 2.20. The standard InChI is InChI=1S/C21H16ClN5O2/c22-16-8-13(21(29)25-9-12-4-2-1-3-5-12)6-7-14(16)18(28)15-10-24-20-17(15)19(23)26-11-27-20/h1-8,10-11H,9H2,(H,25,29)(H3,23,24,26,27). The molecule has 7 nitrogen and oxygen atoms in total. The van der Waals surface area contributed by atoms with Crippen LogP contribution in [0.1, 0.15) is 31.8 Å². The zero-order valence-corrected chi connectivity index (χ0v) is 15.9. The summed E-state index contributed by atoms with van der Waals surface area (Å²) in [5, 5.41) is 3.45. The first-order valence-corrected chi connectivity index (χ1v) is 9.16. The van der Waals surface area contributed by atoms with Gasteiger partial charge < -0.3 is 16.0 Å². The molecule has 0 aliphatic rings. The maximum Gasteiger partial charge on any atom is 0.251 e. The van der Waals surface area contributed by atoms with E-state index in [9.17, 15) is 9.59 Å². The summed E-state index contributed by atoms with van der Waals surface area (Å²) in [6, 6.07) is 14.1. The van der Waals surface area contributed by atoms with Crippen LogP contribution < -0.4 is 11.1 Å². The van der Waals surface area contributed by atoms with Crippen molar-refractivity contribution in [2.24, 2.45) is 0 Å². The first-order valence-electron chi connectivity index (χ1n) is 8.78. The van der Waals surface area contributed by atoms with E-state index in [0.29, 0.717) is 28.7 Å². The van der Waals surface area contributed by atoms with Crippen LogP contribution in [0.5, 0.6) is 0 Å². The Morgan fingerprint density at radius 1 is 1.07 bits per heavy atom. The Bertz CT molecular complexity index is 1220. The van der Waals surface area contributed by atoms with Crippen LogP contribution in [0.2, 0.25) is 5.02 Å². The number of anilines is 1. The lowest BCUT2D eigenvalue weighted by Gasteiger charge is -2.08. The number of nitrogens with two attached hydrogens (primary N) is 1. The van der Waals surface area contributed by atoms with Crippen molar-refractivity contribution < 1.29 is 9.59 Å². The largest absolute Gasteiger partial charge is 0.383 e. The number of aromatic nitrogens is 3. The van der Waals surface area contributed by atoms with Crippen LogP contribution in [0.25, 0.3) is 11.0 Å². The maximum absolute atomic E-state index is 13.0. The molecule has 2 aromatic heterocycles. The van der Waals surface area contributed by atoms with Crippen LogP contribution in [0.3, 0.4) is 0 Å². The number of amides is 1. The van der Waals surface area contributed by atoms with Crippen molar-refractivity contribution in [1.29, 1.82) is 0 Å². The van der Waals surface area contributed by atoms with Crippen LogP contribution in [-0.2, 0) is 6.54 Å². The molecular formula is C21H16ClN5O2. The number of fused-ring (bicyclic) bond motifs is 1. The van der Waals surface area contributed by atoms with E-state index in [1.165, 1.54) is 24.7 Å². The van der Waals surface area contributed by atoms with Crippen LogP contribution >= 0.6 is 11.6 Å². The van der Waals surface area contributed by atoms with Gasteiger partial charge in [-0.3, -0.25) is 9.59 Å². The molecule has 1 amide bonds. The number of halogens is 1. The number of H-pyrrole nitrogens is 1. The fourth-order valence-corrected chi connectivity index (χ4v) is 3.30. The van der Waals surface area contributed by atoms with E-state index in [1.54, 1.807) is 6.07 Å². The van der Waals surface area contributed by atoms with Crippen molar-refractivity contribution in [3.63, 3.8) is 0 Å². The predicted octanol–water partition coefficient (Wildman–Crippen LogP) is 3.35. The van der Waals surface area contributed by atoms with Crippen LogP contribution in [0.15, 0.2) is 61.1 Å². The summed E-state index contributed by atoms with van der Waals surface area (Å²) in [6.07, 6.45) is 2.84. The number of nitrogens with one attached hydrogen (secondary N) is 2. The van der Waals surface area contributed by atoms with Crippen molar-refractivity contribution >= 4 is 40.1 Å². The molecule has 0 fully saturated rings. The predicted molar refractivity (Wildman–Crippen MR) is 111 cm³/mol. The molecule has 0 atom stereocenters. The van der Waals surface area contributed by atoms with Crippen molar-refractivity contribution in [2.45, 2.75) is 6.54 Å². The second-order valence-corrected chi connectivity index (χ2v) is 6.78. The Morgan fingerprint density at radius 3 is 2.62 bits per heavy atom. The van der Waals surface area contributed by atoms with Gasteiger partial charge in [0.25, 0.3) is 5.91 Å². The molecule has 144 valence electrons. The summed E-state index contributed by atoms with van der Waals surface area (Å²) in [5.41, 5.74) is 8.29. The van der Waals surface area contributed by atoms with Gasteiger partial charge in [-0.1, -0.05) is 41.9 Å². The molecule has 2 heterocycles. The molecule has 2 aromatic carbocycles. The average molecular weight is 406 g/mol. The molecule has 0 aliphatic heterocycles. The molecule has 0 spiro atoms. The maximum atomic E-state index is 13.0. The number of carbonyl (C=O) groups excluding carboxylic acids is 2. The van der Waals surface area contributed by atoms with E-state index in [-0.39, 0.29) is 28.1 Å². The molecule has 0 aliphatic carbocycles. The number of nitrogens with zero attached hydrogens (tertiary/aromatic N) is 2. The second-order valence-electron chi connectivity index (χ2n) is 6.38. The summed E-state index contributed by atoms with van der Waals surface area (Å²) < 4.78 is 0. The number of nitrogen functional groups attached to an aromatic ring is 1. The third-order valence-electron chi connectivity index (χ3n) is 4.52. The Hall–Kier alpha value is -3.71. The number of ketones is 1. The quantitative estimate of drug-likeness (QED) is 0.440. The van der Waals surface area contributed by atoms with E-state index in [4.69, 9.17) is 17.3 Å². The number of hydrogen-bond donors (Lipinski definition) is 3. The fourth-order valence-electron chi connectivity index (χ4n) is 3.03. The monoisotopic (exact) mass is 405 g/mol. The number of carbonyl (C=O) groups is 2. The van der Waals surface area contributed by atoms with Gasteiger partial charge >= 0.3 is 0 Å². The highest BCUT2D eigenvalue weighted by molar-refractivity contribution is 6.36. The molecule has 0 radical (unpaired) electrons. The summed E-state index contributed by atoms with van der Waals surface area (Å²) in [7, 11) is 0. The highest BCUT2D eigenvalue weighted by Crippen LogP contribution is 2.27. The molecule has 8 heteroatoms. The van der Waals surface area contributed by atoms with Gasteiger partial charge in [0, 0.05) is 23.9 Å². The molecule has 0 saturated carbocycles. The smallest absolute Gasteiger partial charge is 0.251 e. The summed E-state index contributed by atoms with van der Waals surface area (Å²) in [4.78, 5) is 36.3. The molecule has 29 heavy (non-hydrogen) atoms. The molecular weight excluding hydrogens is 390 g/mol. The molecule has 4 rings (SSSR count). The lowest BCUT2D eigenvalue weighted by molar-refractivity contribution is 0.0949. The highest BCUT2D eigenvalue weighted by atomic mass is 35.5. The van der Waals surface area contributed by atoms with Gasteiger partial charge in [-0.2, -0.15) is 0 Å². The molecule has 4 N–H and O–H groups in total. The Morgan fingerprint density at radius 2 is 1.86 bits per heavy atom. The van der Waals surface area contributed by atoms with Crippen LogP contribution in [0.4, 0.5) is 5.82 Å². The zero-order chi connectivity index (χ0) is 20.4. The van der Waals surface area contributed by atoms with E-state index < -0.39 is 0 Å².